The number of carbonyl (C=O) groups excluding carboxylic acids is 1. The van der Waals surface area contributed by atoms with Crippen LogP contribution in [-0.4, -0.2) is 26.3 Å². The molecule has 0 saturated heterocycles. The highest BCUT2D eigenvalue weighted by molar-refractivity contribution is 5.87. The summed E-state index contributed by atoms with van der Waals surface area (Å²) >= 11 is 0. The molecule has 0 saturated carbocycles. The van der Waals surface area contributed by atoms with E-state index in [1.165, 1.54) is 0 Å². The average Bonchev–Trinajstić information content (AvgIpc) is 2.49. The van der Waals surface area contributed by atoms with Gasteiger partial charge in [-0.3, -0.25) is 0 Å². The van der Waals surface area contributed by atoms with Crippen molar-refractivity contribution in [2.24, 2.45) is 0 Å². The number of hydrogen-bond acceptors (Lipinski definition) is 4. The van der Waals surface area contributed by atoms with Crippen LogP contribution < -0.4 is 9.47 Å². The van der Waals surface area contributed by atoms with Gasteiger partial charge in [-0.2, -0.15) is 0 Å². The standard InChI is InChI=1S/C17H22O4/c1-5-10-20-15-9-8-14(12-16(15)19-4)7-6-11-21-17(18)13(2)3/h6-9,12H,2,5,10-11H2,1,3-4H3. The summed E-state index contributed by atoms with van der Waals surface area (Å²) in [6.07, 6.45) is 4.57. The summed E-state index contributed by atoms with van der Waals surface area (Å²) in [7, 11) is 1.61. The topological polar surface area (TPSA) is 44.8 Å². The van der Waals surface area contributed by atoms with Crippen molar-refractivity contribution < 1.29 is 19.0 Å². The van der Waals surface area contributed by atoms with Crippen molar-refractivity contribution in [1.29, 1.82) is 0 Å². The Hall–Kier alpha value is -2.23. The molecule has 21 heavy (non-hydrogen) atoms. The molecule has 0 aliphatic rings. The molecule has 4 nitrogen and oxygen atoms in total. The van der Waals surface area contributed by atoms with Crippen molar-refractivity contribution in [3.05, 3.63) is 42.0 Å². The Morgan fingerprint density at radius 1 is 1.33 bits per heavy atom. The molecule has 1 aromatic rings. The molecule has 0 unspecified atom stereocenters. The highest BCUT2D eigenvalue weighted by Gasteiger charge is 2.04. The molecule has 1 rings (SSSR count). The molecule has 0 aliphatic carbocycles. The fraction of sp³-hybridized carbons (Fsp3) is 0.353. The lowest BCUT2D eigenvalue weighted by Crippen LogP contribution is -2.04. The lowest BCUT2D eigenvalue weighted by molar-refractivity contribution is -0.137. The van der Waals surface area contributed by atoms with E-state index in [1.807, 2.05) is 24.3 Å². The van der Waals surface area contributed by atoms with Crippen molar-refractivity contribution in [2.45, 2.75) is 20.3 Å². The fourth-order valence-corrected chi connectivity index (χ4v) is 1.55. The second kappa shape index (κ2) is 8.84. The van der Waals surface area contributed by atoms with Gasteiger partial charge in [-0.15, -0.1) is 0 Å². The Kier molecular flexibility index (Phi) is 7.09. The fourth-order valence-electron chi connectivity index (χ4n) is 1.55. The van der Waals surface area contributed by atoms with Crippen molar-refractivity contribution in [1.82, 2.24) is 0 Å². The van der Waals surface area contributed by atoms with Gasteiger partial charge in [-0.25, -0.2) is 4.79 Å². The largest absolute Gasteiger partial charge is 0.493 e. The van der Waals surface area contributed by atoms with Crippen LogP contribution in [0.3, 0.4) is 0 Å². The van der Waals surface area contributed by atoms with E-state index in [4.69, 9.17) is 14.2 Å². The summed E-state index contributed by atoms with van der Waals surface area (Å²) in [6, 6.07) is 5.67. The summed E-state index contributed by atoms with van der Waals surface area (Å²) in [5.41, 5.74) is 1.34. The first-order chi connectivity index (χ1) is 10.1. The summed E-state index contributed by atoms with van der Waals surface area (Å²) < 4.78 is 15.9. The lowest BCUT2D eigenvalue weighted by Gasteiger charge is -2.10. The van der Waals surface area contributed by atoms with Gasteiger partial charge in [0.15, 0.2) is 11.5 Å². The van der Waals surface area contributed by atoms with Crippen LogP contribution in [0.25, 0.3) is 6.08 Å². The van der Waals surface area contributed by atoms with Crippen LogP contribution in [0.1, 0.15) is 25.8 Å². The molecule has 1 aromatic carbocycles. The quantitative estimate of drug-likeness (QED) is 0.542. The zero-order valence-corrected chi connectivity index (χ0v) is 12.8. The number of esters is 1. The monoisotopic (exact) mass is 290 g/mol. The van der Waals surface area contributed by atoms with Gasteiger partial charge in [0.25, 0.3) is 0 Å². The zero-order chi connectivity index (χ0) is 15.7. The summed E-state index contributed by atoms with van der Waals surface area (Å²) in [6.45, 7) is 8.05. The third-order valence-corrected chi connectivity index (χ3v) is 2.62. The number of rotatable bonds is 8. The van der Waals surface area contributed by atoms with Gasteiger partial charge in [0.1, 0.15) is 6.61 Å². The normalized spacial score (nSPS) is 10.4. The maximum absolute atomic E-state index is 11.2. The molecule has 0 aliphatic heterocycles. The van der Waals surface area contributed by atoms with Gasteiger partial charge < -0.3 is 14.2 Å². The molecule has 0 fully saturated rings. The van der Waals surface area contributed by atoms with Crippen molar-refractivity contribution in [2.75, 3.05) is 20.3 Å². The van der Waals surface area contributed by atoms with E-state index in [0.717, 1.165) is 17.7 Å². The maximum Gasteiger partial charge on any atom is 0.333 e. The molecular formula is C17H22O4. The summed E-state index contributed by atoms with van der Waals surface area (Å²) in [4.78, 5) is 11.2. The smallest absolute Gasteiger partial charge is 0.333 e. The minimum absolute atomic E-state index is 0.210. The molecule has 0 heterocycles. The van der Waals surface area contributed by atoms with Crippen LogP contribution in [0, 0.1) is 0 Å². The van der Waals surface area contributed by atoms with Crippen LogP contribution in [0.2, 0.25) is 0 Å². The van der Waals surface area contributed by atoms with Crippen molar-refractivity contribution in [3.8, 4) is 11.5 Å². The second-order valence-corrected chi connectivity index (χ2v) is 4.54. The minimum atomic E-state index is -0.388. The molecule has 4 heteroatoms. The van der Waals surface area contributed by atoms with E-state index >= 15 is 0 Å². The first kappa shape index (κ1) is 16.8. The van der Waals surface area contributed by atoms with E-state index < -0.39 is 0 Å². The molecule has 0 amide bonds. The summed E-state index contributed by atoms with van der Waals surface area (Å²) in [5.74, 6) is 1.02. The van der Waals surface area contributed by atoms with Gasteiger partial charge >= 0.3 is 5.97 Å². The third-order valence-electron chi connectivity index (χ3n) is 2.62. The first-order valence-corrected chi connectivity index (χ1v) is 6.88. The zero-order valence-electron chi connectivity index (χ0n) is 12.8. The van der Waals surface area contributed by atoms with Gasteiger partial charge in [-0.05, 0) is 37.1 Å². The molecule has 0 bridgehead atoms. The number of benzene rings is 1. The van der Waals surface area contributed by atoms with Crippen LogP contribution in [-0.2, 0) is 9.53 Å². The Morgan fingerprint density at radius 3 is 2.71 bits per heavy atom. The highest BCUT2D eigenvalue weighted by Crippen LogP contribution is 2.28. The molecule has 0 N–H and O–H groups in total. The molecule has 0 spiro atoms. The molecular weight excluding hydrogens is 268 g/mol. The first-order valence-electron chi connectivity index (χ1n) is 6.88. The van der Waals surface area contributed by atoms with Gasteiger partial charge in [0, 0.05) is 5.57 Å². The SMILES string of the molecule is C=C(C)C(=O)OCC=Cc1ccc(OCCC)c(OC)c1. The van der Waals surface area contributed by atoms with Gasteiger partial charge in [0.2, 0.25) is 0 Å². The maximum atomic E-state index is 11.2. The highest BCUT2D eigenvalue weighted by atomic mass is 16.5. The Bertz CT molecular complexity index is 518. The number of hydrogen-bond donors (Lipinski definition) is 0. The Balaban J connectivity index is 2.63. The average molecular weight is 290 g/mol. The van der Waals surface area contributed by atoms with Crippen LogP contribution in [0.4, 0.5) is 0 Å². The molecule has 0 aromatic heterocycles. The van der Waals surface area contributed by atoms with Gasteiger partial charge in [-0.1, -0.05) is 25.6 Å². The molecule has 0 atom stereocenters. The predicted octanol–water partition coefficient (Wildman–Crippen LogP) is 3.62. The molecule has 114 valence electrons. The third kappa shape index (κ3) is 5.73. The van der Waals surface area contributed by atoms with Crippen molar-refractivity contribution in [3.63, 3.8) is 0 Å². The minimum Gasteiger partial charge on any atom is -0.493 e. The Labute approximate surface area is 126 Å². The van der Waals surface area contributed by atoms with E-state index in [-0.39, 0.29) is 12.6 Å². The number of methoxy groups -OCH3 is 1. The van der Waals surface area contributed by atoms with E-state index in [1.54, 1.807) is 20.1 Å². The van der Waals surface area contributed by atoms with E-state index in [2.05, 4.69) is 13.5 Å². The molecule has 0 radical (unpaired) electrons. The van der Waals surface area contributed by atoms with Crippen LogP contribution in [0.5, 0.6) is 11.5 Å². The van der Waals surface area contributed by atoms with E-state index in [0.29, 0.717) is 17.9 Å². The number of carbonyl (C=O) groups is 1. The van der Waals surface area contributed by atoms with Crippen LogP contribution in [0.15, 0.2) is 36.4 Å². The second-order valence-electron chi connectivity index (χ2n) is 4.54. The van der Waals surface area contributed by atoms with Crippen molar-refractivity contribution >= 4 is 12.0 Å². The summed E-state index contributed by atoms with van der Waals surface area (Å²) in [5, 5.41) is 0. The predicted molar refractivity (Wildman–Crippen MR) is 83.6 cm³/mol. The van der Waals surface area contributed by atoms with Gasteiger partial charge in [0.05, 0.1) is 13.7 Å². The Morgan fingerprint density at radius 2 is 2.10 bits per heavy atom. The van der Waals surface area contributed by atoms with E-state index in [9.17, 15) is 4.79 Å². The number of ether oxygens (including phenoxy) is 3. The lowest BCUT2D eigenvalue weighted by atomic mass is 10.2. The van der Waals surface area contributed by atoms with Crippen LogP contribution >= 0.6 is 0 Å².